The lowest BCUT2D eigenvalue weighted by Crippen LogP contribution is -2.23. The lowest BCUT2D eigenvalue weighted by atomic mass is 10.2. The van der Waals surface area contributed by atoms with Gasteiger partial charge in [0.05, 0.1) is 18.3 Å². The number of ether oxygens (including phenoxy) is 1. The first kappa shape index (κ1) is 20.3. The van der Waals surface area contributed by atoms with Crippen LogP contribution in [-0.2, 0) is 11.3 Å². The van der Waals surface area contributed by atoms with Crippen LogP contribution in [0.4, 0.5) is 0 Å². The zero-order valence-electron chi connectivity index (χ0n) is 17.7. The van der Waals surface area contributed by atoms with Gasteiger partial charge in [-0.3, -0.25) is 4.79 Å². The Morgan fingerprint density at radius 1 is 1.16 bits per heavy atom. The minimum absolute atomic E-state index is 0.0447. The van der Waals surface area contributed by atoms with Crippen LogP contribution in [0.15, 0.2) is 59.7 Å². The van der Waals surface area contributed by atoms with Gasteiger partial charge in [-0.05, 0) is 63.2 Å². The number of nitrogens with zero attached hydrogens (tertiary/aromatic N) is 5. The summed E-state index contributed by atoms with van der Waals surface area (Å²) in [6.45, 7) is 6.71. The van der Waals surface area contributed by atoms with Crippen LogP contribution in [0.25, 0.3) is 16.7 Å². The van der Waals surface area contributed by atoms with Gasteiger partial charge < -0.3 is 9.30 Å². The first-order chi connectivity index (χ1) is 15.1. The standard InChI is InChI=1S/C23H24N6O2/c1-4-31-20-11-9-19(10-12-20)29-16(2)13-18(17(29)3)14-24-26-23(30)15-28-22-8-6-5-7-21(22)25-27-28/h5-14H,4,15H2,1-3H3,(H,26,30)/b24-14-. The maximum absolute atomic E-state index is 12.3. The lowest BCUT2D eigenvalue weighted by Gasteiger charge is -2.10. The van der Waals surface area contributed by atoms with Crippen molar-refractivity contribution in [3.63, 3.8) is 0 Å². The van der Waals surface area contributed by atoms with Crippen LogP contribution in [-0.4, -0.2) is 38.3 Å². The van der Waals surface area contributed by atoms with Gasteiger partial charge in [-0.1, -0.05) is 17.3 Å². The Bertz CT molecular complexity index is 1240. The van der Waals surface area contributed by atoms with Crippen LogP contribution < -0.4 is 10.2 Å². The van der Waals surface area contributed by atoms with Gasteiger partial charge in [0.25, 0.3) is 5.91 Å². The second-order valence-corrected chi connectivity index (χ2v) is 7.12. The van der Waals surface area contributed by atoms with Crippen molar-refractivity contribution >= 4 is 23.2 Å². The van der Waals surface area contributed by atoms with Gasteiger partial charge in [-0.25, -0.2) is 10.1 Å². The third-order valence-electron chi connectivity index (χ3n) is 4.98. The number of hydrogen-bond donors (Lipinski definition) is 1. The highest BCUT2D eigenvalue weighted by molar-refractivity contribution is 5.84. The molecule has 0 aliphatic heterocycles. The molecule has 0 saturated carbocycles. The Hall–Kier alpha value is -3.94. The maximum Gasteiger partial charge on any atom is 0.261 e. The van der Waals surface area contributed by atoms with E-state index in [0.29, 0.717) is 6.61 Å². The van der Waals surface area contributed by atoms with Crippen molar-refractivity contribution in [3.8, 4) is 11.4 Å². The van der Waals surface area contributed by atoms with Gasteiger partial charge in [0, 0.05) is 22.6 Å². The van der Waals surface area contributed by atoms with Gasteiger partial charge in [-0.2, -0.15) is 5.10 Å². The van der Waals surface area contributed by atoms with E-state index in [2.05, 4.69) is 25.4 Å². The predicted molar refractivity (Wildman–Crippen MR) is 120 cm³/mol. The molecule has 0 fully saturated rings. The van der Waals surface area contributed by atoms with Crippen molar-refractivity contribution in [2.75, 3.05) is 6.61 Å². The van der Waals surface area contributed by atoms with Crippen LogP contribution in [0.2, 0.25) is 0 Å². The molecule has 4 aromatic rings. The number of aromatic nitrogens is 4. The topological polar surface area (TPSA) is 86.3 Å². The number of amides is 1. The minimum atomic E-state index is -0.271. The summed E-state index contributed by atoms with van der Waals surface area (Å²) in [6, 6.07) is 17.5. The summed E-state index contributed by atoms with van der Waals surface area (Å²) in [5.74, 6) is 0.575. The van der Waals surface area contributed by atoms with E-state index in [4.69, 9.17) is 4.74 Å². The second kappa shape index (κ2) is 8.83. The molecule has 0 bridgehead atoms. The van der Waals surface area contributed by atoms with Gasteiger partial charge in [0.15, 0.2) is 0 Å². The number of nitrogens with one attached hydrogen (secondary N) is 1. The average Bonchev–Trinajstić information content (AvgIpc) is 3.29. The molecule has 0 atom stereocenters. The first-order valence-corrected chi connectivity index (χ1v) is 10.1. The van der Waals surface area contributed by atoms with Crippen molar-refractivity contribution in [2.45, 2.75) is 27.3 Å². The molecular weight excluding hydrogens is 392 g/mol. The minimum Gasteiger partial charge on any atom is -0.494 e. The Labute approximate surface area is 180 Å². The summed E-state index contributed by atoms with van der Waals surface area (Å²) < 4.78 is 9.21. The summed E-state index contributed by atoms with van der Waals surface area (Å²) in [5.41, 5.74) is 8.20. The number of aryl methyl sites for hydroxylation is 1. The quantitative estimate of drug-likeness (QED) is 0.370. The van der Waals surface area contributed by atoms with Gasteiger partial charge in [0.2, 0.25) is 0 Å². The van der Waals surface area contributed by atoms with Crippen molar-refractivity contribution < 1.29 is 9.53 Å². The van der Waals surface area contributed by atoms with Crippen LogP contribution >= 0.6 is 0 Å². The molecule has 31 heavy (non-hydrogen) atoms. The average molecular weight is 416 g/mol. The van der Waals surface area contributed by atoms with Crippen LogP contribution in [0, 0.1) is 13.8 Å². The number of benzene rings is 2. The van der Waals surface area contributed by atoms with E-state index in [1.807, 2.05) is 75.4 Å². The molecule has 0 unspecified atom stereocenters. The van der Waals surface area contributed by atoms with E-state index in [1.54, 1.807) is 10.9 Å². The van der Waals surface area contributed by atoms with Crippen molar-refractivity contribution in [3.05, 3.63) is 71.5 Å². The van der Waals surface area contributed by atoms with Crippen LogP contribution in [0.1, 0.15) is 23.9 Å². The van der Waals surface area contributed by atoms with Gasteiger partial charge in [-0.15, -0.1) is 5.10 Å². The molecule has 0 spiro atoms. The van der Waals surface area contributed by atoms with E-state index in [0.717, 1.165) is 39.4 Å². The van der Waals surface area contributed by atoms with Crippen molar-refractivity contribution in [1.29, 1.82) is 0 Å². The molecule has 2 heterocycles. The second-order valence-electron chi connectivity index (χ2n) is 7.12. The zero-order valence-corrected chi connectivity index (χ0v) is 17.7. The Balaban J connectivity index is 1.44. The number of para-hydroxylation sites is 1. The van der Waals surface area contributed by atoms with Crippen molar-refractivity contribution in [2.24, 2.45) is 5.10 Å². The molecule has 2 aromatic carbocycles. The number of hydrazone groups is 1. The number of fused-ring (bicyclic) bond motifs is 1. The Morgan fingerprint density at radius 2 is 1.94 bits per heavy atom. The smallest absolute Gasteiger partial charge is 0.261 e. The lowest BCUT2D eigenvalue weighted by molar-refractivity contribution is -0.121. The largest absolute Gasteiger partial charge is 0.494 e. The zero-order chi connectivity index (χ0) is 21.8. The van der Waals surface area contributed by atoms with E-state index in [-0.39, 0.29) is 12.5 Å². The summed E-state index contributed by atoms with van der Waals surface area (Å²) in [5, 5.41) is 12.2. The van der Waals surface area contributed by atoms with E-state index in [9.17, 15) is 4.79 Å². The first-order valence-electron chi connectivity index (χ1n) is 10.1. The Kier molecular flexibility index (Phi) is 5.79. The monoisotopic (exact) mass is 416 g/mol. The highest BCUT2D eigenvalue weighted by atomic mass is 16.5. The number of carbonyl (C=O) groups excluding carboxylic acids is 1. The molecule has 8 nitrogen and oxygen atoms in total. The summed E-state index contributed by atoms with van der Waals surface area (Å²) >= 11 is 0. The van der Waals surface area contributed by atoms with E-state index >= 15 is 0 Å². The SMILES string of the molecule is CCOc1ccc(-n2c(C)cc(/C=N\NC(=O)Cn3nnc4ccccc43)c2C)cc1. The Morgan fingerprint density at radius 3 is 2.71 bits per heavy atom. The molecule has 0 radical (unpaired) electrons. The van der Waals surface area contributed by atoms with E-state index < -0.39 is 0 Å². The highest BCUT2D eigenvalue weighted by Crippen LogP contribution is 2.22. The fraction of sp³-hybridized carbons (Fsp3) is 0.217. The fourth-order valence-corrected chi connectivity index (χ4v) is 3.55. The normalized spacial score (nSPS) is 11.3. The summed E-state index contributed by atoms with van der Waals surface area (Å²) in [4.78, 5) is 12.3. The molecular formula is C23H24N6O2. The predicted octanol–water partition coefficient (Wildman–Crippen LogP) is 3.39. The molecule has 0 aliphatic carbocycles. The molecule has 4 rings (SSSR count). The van der Waals surface area contributed by atoms with Gasteiger partial charge >= 0.3 is 0 Å². The molecule has 0 saturated heterocycles. The number of hydrogen-bond acceptors (Lipinski definition) is 5. The molecule has 8 heteroatoms. The fourth-order valence-electron chi connectivity index (χ4n) is 3.55. The molecule has 0 aliphatic rings. The van der Waals surface area contributed by atoms with Crippen molar-refractivity contribution in [1.82, 2.24) is 25.0 Å². The third-order valence-corrected chi connectivity index (χ3v) is 4.98. The summed E-state index contributed by atoms with van der Waals surface area (Å²) in [7, 11) is 0. The molecule has 2 aromatic heterocycles. The van der Waals surface area contributed by atoms with Gasteiger partial charge in [0.1, 0.15) is 17.8 Å². The number of rotatable bonds is 7. The van der Waals surface area contributed by atoms with E-state index in [1.165, 1.54) is 0 Å². The molecule has 158 valence electrons. The molecule has 1 amide bonds. The third kappa shape index (κ3) is 4.32. The maximum atomic E-state index is 12.3. The molecule has 1 N–H and O–H groups in total. The number of carbonyl (C=O) groups is 1. The van der Waals surface area contributed by atoms with Crippen LogP contribution in [0.3, 0.4) is 0 Å². The highest BCUT2D eigenvalue weighted by Gasteiger charge is 2.11. The van der Waals surface area contributed by atoms with Crippen LogP contribution in [0.5, 0.6) is 5.75 Å². The summed E-state index contributed by atoms with van der Waals surface area (Å²) in [6.07, 6.45) is 1.66.